The summed E-state index contributed by atoms with van der Waals surface area (Å²) in [7, 11) is 0. The number of halogens is 1. The van der Waals surface area contributed by atoms with E-state index < -0.39 is 11.4 Å². The number of nitrogens with zero attached hydrogens (tertiary/aromatic N) is 4. The van der Waals surface area contributed by atoms with Crippen molar-refractivity contribution in [3.05, 3.63) is 77.6 Å². The van der Waals surface area contributed by atoms with Crippen molar-refractivity contribution in [2.24, 2.45) is 0 Å². The van der Waals surface area contributed by atoms with E-state index in [-0.39, 0.29) is 11.6 Å². The molecule has 3 aromatic rings. The molecule has 7 heteroatoms. The zero-order valence-electron chi connectivity index (χ0n) is 14.3. The van der Waals surface area contributed by atoms with E-state index in [1.165, 1.54) is 12.1 Å². The highest BCUT2D eigenvalue weighted by atomic mass is 19.1. The second-order valence-electron chi connectivity index (χ2n) is 6.73. The fourth-order valence-corrected chi connectivity index (χ4v) is 3.56. The molecule has 0 radical (unpaired) electrons. The molecule has 27 heavy (non-hydrogen) atoms. The minimum Gasteiger partial charge on any atom is -0.360 e. The highest BCUT2D eigenvalue weighted by molar-refractivity contribution is 5.93. The maximum Gasteiger partial charge on any atom is 0.272 e. The van der Waals surface area contributed by atoms with Crippen LogP contribution in [-0.2, 0) is 16.9 Å². The second kappa shape index (κ2) is 5.92. The first-order valence-electron chi connectivity index (χ1n) is 8.61. The summed E-state index contributed by atoms with van der Waals surface area (Å²) in [4.78, 5) is 27.1. The van der Waals surface area contributed by atoms with Gasteiger partial charge in [0.25, 0.3) is 5.91 Å². The summed E-state index contributed by atoms with van der Waals surface area (Å²) in [5, 5.41) is 0. The van der Waals surface area contributed by atoms with Gasteiger partial charge in [-0.05, 0) is 12.1 Å². The molecule has 2 aromatic heterocycles. The van der Waals surface area contributed by atoms with Crippen LogP contribution in [0, 0.1) is 5.82 Å². The van der Waals surface area contributed by atoms with Crippen molar-refractivity contribution < 1.29 is 13.9 Å². The smallest absolute Gasteiger partial charge is 0.272 e. The summed E-state index contributed by atoms with van der Waals surface area (Å²) in [5.74, 6) is -0.0386. The third-order valence-corrected chi connectivity index (χ3v) is 5.00. The number of aromatic nitrogens is 3. The molecule has 0 unspecified atom stereocenters. The van der Waals surface area contributed by atoms with E-state index in [0.29, 0.717) is 25.5 Å². The number of benzene rings is 1. The summed E-state index contributed by atoms with van der Waals surface area (Å²) in [5.41, 5.74) is 2.41. The number of likely N-dealkylation sites (tertiary alicyclic amines) is 1. The van der Waals surface area contributed by atoms with Crippen molar-refractivity contribution >= 4 is 5.91 Å². The highest BCUT2D eigenvalue weighted by Gasteiger charge is 2.52. The molecule has 5 rings (SSSR count). The Morgan fingerprint density at radius 2 is 1.89 bits per heavy atom. The van der Waals surface area contributed by atoms with Crippen molar-refractivity contribution in [2.45, 2.75) is 12.2 Å². The maximum atomic E-state index is 13.0. The van der Waals surface area contributed by atoms with Gasteiger partial charge in [0.2, 0.25) is 0 Å². The van der Waals surface area contributed by atoms with Crippen LogP contribution in [0.15, 0.2) is 54.9 Å². The molecule has 134 valence electrons. The fourth-order valence-electron chi connectivity index (χ4n) is 3.56. The lowest BCUT2D eigenvalue weighted by Gasteiger charge is -2.47. The summed E-state index contributed by atoms with van der Waals surface area (Å²) in [6.07, 6.45) is 2.85. The number of ether oxygens (including phenoxy) is 1. The monoisotopic (exact) mass is 362 g/mol. The van der Waals surface area contributed by atoms with Crippen LogP contribution in [0.25, 0.3) is 11.4 Å². The van der Waals surface area contributed by atoms with Crippen LogP contribution in [0.2, 0.25) is 0 Å². The van der Waals surface area contributed by atoms with Crippen molar-refractivity contribution in [1.29, 1.82) is 0 Å². The third-order valence-electron chi connectivity index (χ3n) is 5.00. The van der Waals surface area contributed by atoms with Gasteiger partial charge in [0, 0.05) is 17.3 Å². The molecule has 0 aliphatic carbocycles. The number of pyridine rings is 1. The van der Waals surface area contributed by atoms with Gasteiger partial charge < -0.3 is 9.64 Å². The molecule has 0 atom stereocenters. The Morgan fingerprint density at radius 3 is 2.63 bits per heavy atom. The molecular weight excluding hydrogens is 347 g/mol. The molecule has 1 saturated heterocycles. The lowest BCUT2D eigenvalue weighted by Crippen LogP contribution is -2.61. The van der Waals surface area contributed by atoms with Crippen LogP contribution in [0.1, 0.15) is 21.7 Å². The van der Waals surface area contributed by atoms with Crippen LogP contribution in [0.4, 0.5) is 4.39 Å². The number of fused-ring (bicyclic) bond motifs is 2. The van der Waals surface area contributed by atoms with Gasteiger partial charge in [0.15, 0.2) is 5.82 Å². The largest absolute Gasteiger partial charge is 0.360 e. The number of carbonyl (C=O) groups is 1. The van der Waals surface area contributed by atoms with Gasteiger partial charge >= 0.3 is 0 Å². The molecule has 1 fully saturated rings. The molecule has 1 amide bonds. The van der Waals surface area contributed by atoms with E-state index in [1.807, 2.05) is 30.3 Å². The van der Waals surface area contributed by atoms with Gasteiger partial charge in [-0.2, -0.15) is 0 Å². The van der Waals surface area contributed by atoms with Crippen LogP contribution in [0.3, 0.4) is 0 Å². The molecule has 1 spiro atoms. The molecular formula is C20H15FN4O2. The van der Waals surface area contributed by atoms with Gasteiger partial charge in [-0.25, -0.2) is 19.3 Å². The molecule has 2 aliphatic rings. The van der Waals surface area contributed by atoms with Crippen LogP contribution in [0.5, 0.6) is 0 Å². The minimum atomic E-state index is -0.555. The molecule has 4 heterocycles. The lowest BCUT2D eigenvalue weighted by molar-refractivity contribution is -0.126. The van der Waals surface area contributed by atoms with Crippen LogP contribution in [-0.4, -0.2) is 38.8 Å². The van der Waals surface area contributed by atoms with Gasteiger partial charge in [-0.3, -0.25) is 4.79 Å². The Kier molecular flexibility index (Phi) is 3.51. The summed E-state index contributed by atoms with van der Waals surface area (Å²) in [6, 6.07) is 12.4. The van der Waals surface area contributed by atoms with Gasteiger partial charge in [0.1, 0.15) is 17.1 Å². The van der Waals surface area contributed by atoms with Crippen molar-refractivity contribution in [3.63, 3.8) is 0 Å². The molecule has 0 bridgehead atoms. The summed E-state index contributed by atoms with van der Waals surface area (Å²) in [6.45, 7) is 1.21. The first-order valence-corrected chi connectivity index (χ1v) is 8.61. The third kappa shape index (κ3) is 2.59. The Labute approximate surface area is 154 Å². The Hall–Kier alpha value is -3.19. The minimum absolute atomic E-state index is 0.222. The summed E-state index contributed by atoms with van der Waals surface area (Å²) < 4.78 is 19.0. The predicted octanol–water partition coefficient (Wildman–Crippen LogP) is 2.56. The van der Waals surface area contributed by atoms with E-state index >= 15 is 0 Å². The van der Waals surface area contributed by atoms with Crippen molar-refractivity contribution in [2.75, 3.05) is 13.1 Å². The normalized spacial score (nSPS) is 16.9. The van der Waals surface area contributed by atoms with Gasteiger partial charge in [0.05, 0.1) is 31.6 Å². The molecule has 6 nitrogen and oxygen atoms in total. The standard InChI is InChI=1S/C20H15FN4O2/c21-14-6-7-16(22-8-14)19(26)25-11-20(12-25)15-9-23-18(24-17(15)10-27-20)13-4-2-1-3-5-13/h1-9H,10-12H2. The van der Waals surface area contributed by atoms with Gasteiger partial charge in [-0.1, -0.05) is 30.3 Å². The van der Waals surface area contributed by atoms with E-state index in [1.54, 1.807) is 11.1 Å². The zero-order valence-corrected chi connectivity index (χ0v) is 14.3. The number of hydrogen-bond donors (Lipinski definition) is 0. The average molecular weight is 362 g/mol. The molecule has 0 saturated carbocycles. The second-order valence-corrected chi connectivity index (χ2v) is 6.73. The van der Waals surface area contributed by atoms with E-state index in [0.717, 1.165) is 23.0 Å². The van der Waals surface area contributed by atoms with E-state index in [2.05, 4.69) is 15.0 Å². The Morgan fingerprint density at radius 1 is 1.07 bits per heavy atom. The predicted molar refractivity (Wildman–Crippen MR) is 94.0 cm³/mol. The van der Waals surface area contributed by atoms with E-state index in [4.69, 9.17) is 4.74 Å². The topological polar surface area (TPSA) is 68.2 Å². The first kappa shape index (κ1) is 16.0. The Bertz CT molecular complexity index is 1020. The van der Waals surface area contributed by atoms with Crippen LogP contribution < -0.4 is 0 Å². The molecule has 2 aliphatic heterocycles. The fraction of sp³-hybridized carbons (Fsp3) is 0.200. The quantitative estimate of drug-likeness (QED) is 0.701. The number of rotatable bonds is 2. The number of carbonyl (C=O) groups excluding carboxylic acids is 1. The first-order chi connectivity index (χ1) is 13.1. The number of amides is 1. The SMILES string of the molecule is O=C(c1ccc(F)cn1)N1CC2(C1)OCc1nc(-c3ccccc3)ncc12. The highest BCUT2D eigenvalue weighted by Crippen LogP contribution is 2.43. The average Bonchev–Trinajstić information content (AvgIpc) is 3.06. The molecule has 1 aromatic carbocycles. The van der Waals surface area contributed by atoms with Crippen LogP contribution >= 0.6 is 0 Å². The Balaban J connectivity index is 1.36. The van der Waals surface area contributed by atoms with Gasteiger partial charge in [-0.15, -0.1) is 0 Å². The molecule has 0 N–H and O–H groups in total. The number of hydrogen-bond acceptors (Lipinski definition) is 5. The lowest BCUT2D eigenvalue weighted by atomic mass is 9.87. The van der Waals surface area contributed by atoms with Crippen molar-refractivity contribution in [3.8, 4) is 11.4 Å². The van der Waals surface area contributed by atoms with Crippen molar-refractivity contribution in [1.82, 2.24) is 19.9 Å². The maximum absolute atomic E-state index is 13.0. The van der Waals surface area contributed by atoms with E-state index in [9.17, 15) is 9.18 Å². The summed E-state index contributed by atoms with van der Waals surface area (Å²) >= 11 is 0. The zero-order chi connectivity index (χ0) is 18.4.